The van der Waals surface area contributed by atoms with Crippen molar-refractivity contribution < 1.29 is 14.0 Å². The van der Waals surface area contributed by atoms with E-state index in [0.29, 0.717) is 19.4 Å². The molecule has 0 bridgehead atoms. The van der Waals surface area contributed by atoms with Gasteiger partial charge in [0.2, 0.25) is 0 Å². The second-order valence-corrected chi connectivity index (χ2v) is 6.88. The molecule has 0 fully saturated rings. The van der Waals surface area contributed by atoms with E-state index in [0.717, 1.165) is 6.04 Å². The van der Waals surface area contributed by atoms with E-state index in [1.807, 2.05) is 6.55 Å². The number of aliphatic hydroxyl groups excluding tert-OH is 1. The van der Waals surface area contributed by atoms with Gasteiger partial charge in [-0.15, -0.1) is 0 Å². The van der Waals surface area contributed by atoms with Gasteiger partial charge in [0.1, 0.15) is 0 Å². The van der Waals surface area contributed by atoms with Gasteiger partial charge in [0.25, 0.3) is 0 Å². The molecule has 5 N–H and O–H groups in total. The molecule has 0 saturated carbocycles. The summed E-state index contributed by atoms with van der Waals surface area (Å²) in [5.74, 6) is 0. The Balaban J connectivity index is 3.81. The number of nitrogens with two attached hydrogens (primary N) is 2. The molecule has 0 rings (SSSR count). The van der Waals surface area contributed by atoms with E-state index in [-0.39, 0.29) is 12.8 Å². The zero-order valence-corrected chi connectivity index (χ0v) is 10.0. The fourth-order valence-electron chi connectivity index (χ4n) is 1.17. The van der Waals surface area contributed by atoms with Gasteiger partial charge in [-0.3, -0.25) is 0 Å². The predicted octanol–water partition coefficient (Wildman–Crippen LogP) is -0.263. The van der Waals surface area contributed by atoms with E-state index in [1.54, 1.807) is 7.11 Å². The molecule has 2 unspecified atom stereocenters. The minimum Gasteiger partial charge on any atom is -0.398 e. The highest BCUT2D eigenvalue weighted by atomic mass is 28.4. The molecule has 2 atom stereocenters. The molecule has 0 amide bonds. The zero-order valence-electron chi connectivity index (χ0n) is 9.03. The van der Waals surface area contributed by atoms with Crippen LogP contribution in [0.3, 0.4) is 0 Å². The summed E-state index contributed by atoms with van der Waals surface area (Å²) in [6.45, 7) is 2.61. The minimum atomic E-state index is -2.14. The van der Waals surface area contributed by atoms with Crippen LogP contribution in [-0.2, 0) is 8.85 Å². The third kappa shape index (κ3) is 5.69. The van der Waals surface area contributed by atoms with Gasteiger partial charge >= 0.3 is 8.56 Å². The molecule has 5 nitrogen and oxygen atoms in total. The Bertz CT molecular complexity index is 151. The first-order valence-corrected chi connectivity index (χ1v) is 7.37. The Hall–Kier alpha value is 0.0169. The third-order valence-corrected chi connectivity index (χ3v) is 5.09. The highest BCUT2D eigenvalue weighted by molar-refractivity contribution is 6.65. The quantitative estimate of drug-likeness (QED) is 0.389. The highest BCUT2D eigenvalue weighted by Gasteiger charge is 2.30. The topological polar surface area (TPSA) is 90.7 Å². The first-order chi connectivity index (χ1) is 6.58. The van der Waals surface area contributed by atoms with E-state index >= 15 is 0 Å². The van der Waals surface area contributed by atoms with Crippen molar-refractivity contribution in [2.24, 2.45) is 11.5 Å². The molecule has 0 aromatic heterocycles. The Morgan fingerprint density at radius 2 is 2.00 bits per heavy atom. The number of rotatable bonds is 8. The van der Waals surface area contributed by atoms with Crippen LogP contribution < -0.4 is 11.5 Å². The van der Waals surface area contributed by atoms with Gasteiger partial charge in [-0.25, -0.2) is 0 Å². The van der Waals surface area contributed by atoms with Crippen molar-refractivity contribution in [3.8, 4) is 0 Å². The lowest BCUT2D eigenvalue weighted by molar-refractivity contribution is 0.151. The van der Waals surface area contributed by atoms with E-state index in [4.69, 9.17) is 20.3 Å². The first-order valence-electron chi connectivity index (χ1n) is 4.85. The molecular formula is C8H22N2O3Si. The van der Waals surface area contributed by atoms with Gasteiger partial charge in [0, 0.05) is 7.11 Å². The maximum atomic E-state index is 9.48. The van der Waals surface area contributed by atoms with Crippen LogP contribution in [-0.4, -0.2) is 40.2 Å². The average molecular weight is 222 g/mol. The molecule has 0 spiro atoms. The Kier molecular flexibility index (Phi) is 7.34. The maximum absolute atomic E-state index is 9.48. The van der Waals surface area contributed by atoms with Crippen molar-refractivity contribution in [2.75, 3.05) is 20.4 Å². The normalized spacial score (nSPS) is 17.8. The van der Waals surface area contributed by atoms with E-state index < -0.39 is 8.56 Å². The predicted molar refractivity (Wildman–Crippen MR) is 57.9 cm³/mol. The molecule has 0 heterocycles. The van der Waals surface area contributed by atoms with Gasteiger partial charge in [-0.05, 0) is 32.0 Å². The van der Waals surface area contributed by atoms with Crippen LogP contribution in [0.25, 0.3) is 0 Å². The van der Waals surface area contributed by atoms with Crippen LogP contribution >= 0.6 is 0 Å². The van der Waals surface area contributed by atoms with Gasteiger partial charge < -0.3 is 25.4 Å². The molecule has 0 saturated heterocycles. The van der Waals surface area contributed by atoms with Crippen molar-refractivity contribution in [1.29, 1.82) is 0 Å². The van der Waals surface area contributed by atoms with Gasteiger partial charge in [-0.2, -0.15) is 0 Å². The minimum absolute atomic E-state index is 0.170. The summed E-state index contributed by atoms with van der Waals surface area (Å²) in [4.78, 5) is 0. The highest BCUT2D eigenvalue weighted by Crippen LogP contribution is 2.16. The summed E-state index contributed by atoms with van der Waals surface area (Å²) in [5.41, 5.74) is 10.6. The second-order valence-electron chi connectivity index (χ2n) is 3.42. The molecule has 6 heteroatoms. The lowest BCUT2D eigenvalue weighted by atomic mass is 10.2. The van der Waals surface area contributed by atoms with Crippen LogP contribution in [0.15, 0.2) is 0 Å². The molecule has 0 aromatic rings. The zero-order chi connectivity index (χ0) is 11.0. The molecule has 0 aliphatic heterocycles. The average Bonchev–Trinajstić information content (AvgIpc) is 2.16. The smallest absolute Gasteiger partial charge is 0.335 e. The van der Waals surface area contributed by atoms with Crippen LogP contribution in [0, 0.1) is 0 Å². The Morgan fingerprint density at radius 3 is 2.43 bits per heavy atom. The van der Waals surface area contributed by atoms with Crippen molar-refractivity contribution >= 4 is 8.56 Å². The monoisotopic (exact) mass is 222 g/mol. The van der Waals surface area contributed by atoms with Gasteiger partial charge in [0.05, 0.1) is 12.8 Å². The molecular weight excluding hydrogens is 200 g/mol. The van der Waals surface area contributed by atoms with Gasteiger partial charge in [-0.1, -0.05) is 0 Å². The van der Waals surface area contributed by atoms with Crippen molar-refractivity contribution in [1.82, 2.24) is 0 Å². The molecule has 0 aliphatic rings. The Labute approximate surface area is 86.6 Å². The standard InChI is InChI=1S/C8H22N2O3Si/c1-12-14(2,13-7-10)6-4-8(11)3-5-9/h8,11H,3-7,9-10H2,1-2H3. The summed E-state index contributed by atoms with van der Waals surface area (Å²) in [5, 5.41) is 9.48. The van der Waals surface area contributed by atoms with Crippen LogP contribution in [0.2, 0.25) is 12.6 Å². The first kappa shape index (κ1) is 14.0. The molecule has 14 heavy (non-hydrogen) atoms. The summed E-state index contributed by atoms with van der Waals surface area (Å²) in [6.07, 6.45) is 0.924. The van der Waals surface area contributed by atoms with Crippen LogP contribution in [0.4, 0.5) is 0 Å². The van der Waals surface area contributed by atoms with E-state index in [2.05, 4.69) is 0 Å². The summed E-state index contributed by atoms with van der Waals surface area (Å²) >= 11 is 0. The largest absolute Gasteiger partial charge is 0.398 e. The third-order valence-electron chi connectivity index (χ3n) is 2.25. The molecule has 0 radical (unpaired) electrons. The summed E-state index contributed by atoms with van der Waals surface area (Å²) in [6, 6.07) is 0.738. The number of hydrogen-bond donors (Lipinski definition) is 3. The number of hydrogen-bond acceptors (Lipinski definition) is 5. The van der Waals surface area contributed by atoms with Crippen LogP contribution in [0.5, 0.6) is 0 Å². The maximum Gasteiger partial charge on any atom is 0.335 e. The Morgan fingerprint density at radius 1 is 1.36 bits per heavy atom. The van der Waals surface area contributed by atoms with Crippen molar-refractivity contribution in [3.63, 3.8) is 0 Å². The van der Waals surface area contributed by atoms with Crippen molar-refractivity contribution in [3.05, 3.63) is 0 Å². The lowest BCUT2D eigenvalue weighted by Crippen LogP contribution is -2.40. The fraction of sp³-hybridized carbons (Fsp3) is 1.00. The fourth-order valence-corrected chi connectivity index (χ4v) is 2.85. The van der Waals surface area contributed by atoms with Crippen molar-refractivity contribution in [2.45, 2.75) is 31.5 Å². The lowest BCUT2D eigenvalue weighted by Gasteiger charge is -2.25. The molecule has 86 valence electrons. The second kappa shape index (κ2) is 7.33. The van der Waals surface area contributed by atoms with E-state index in [9.17, 15) is 5.11 Å². The van der Waals surface area contributed by atoms with E-state index in [1.165, 1.54) is 0 Å². The SMILES string of the molecule is CO[Si](C)(CCC(O)CCN)OCN. The summed E-state index contributed by atoms with van der Waals surface area (Å²) in [7, 11) is -0.519. The molecule has 0 aliphatic carbocycles. The summed E-state index contributed by atoms with van der Waals surface area (Å²) < 4.78 is 10.7. The van der Waals surface area contributed by atoms with Gasteiger partial charge in [0.15, 0.2) is 0 Å². The molecule has 0 aromatic carbocycles. The number of aliphatic hydroxyl groups is 1. The van der Waals surface area contributed by atoms with Crippen LogP contribution in [0.1, 0.15) is 12.8 Å².